The Labute approximate surface area is 207 Å². The summed E-state index contributed by atoms with van der Waals surface area (Å²) in [5, 5.41) is 3.55. The number of nitrogens with zero attached hydrogens (tertiary/aromatic N) is 4. The molecule has 3 aromatic rings. The summed E-state index contributed by atoms with van der Waals surface area (Å²) in [6, 6.07) is 5.37. The SMILES string of the molecule is COc1ccn(-c2cc(-c3cc(C(F)F)ncc3OC)c([C-]=O)cn2)c(=O)c1.[C-]1=NNCS1.[Ni+2]. The van der Waals surface area contributed by atoms with Crippen molar-refractivity contribution in [2.24, 2.45) is 5.10 Å². The van der Waals surface area contributed by atoms with Crippen LogP contribution in [0.4, 0.5) is 8.78 Å². The number of alkyl halides is 2. The van der Waals surface area contributed by atoms with Crippen LogP contribution in [0, 0.1) is 0 Å². The van der Waals surface area contributed by atoms with E-state index < -0.39 is 17.7 Å². The van der Waals surface area contributed by atoms with Crippen molar-refractivity contribution in [1.82, 2.24) is 20.0 Å². The average molecular weight is 532 g/mol. The monoisotopic (exact) mass is 531 g/mol. The maximum atomic E-state index is 13.1. The number of hydrogen-bond donors (Lipinski definition) is 1. The van der Waals surface area contributed by atoms with Gasteiger partial charge in [-0.3, -0.25) is 14.3 Å². The quantitative estimate of drug-likeness (QED) is 0.382. The fourth-order valence-electron chi connectivity index (χ4n) is 2.77. The number of rotatable bonds is 6. The van der Waals surface area contributed by atoms with Crippen molar-refractivity contribution in [3.05, 3.63) is 64.5 Å². The van der Waals surface area contributed by atoms with Gasteiger partial charge >= 0.3 is 16.5 Å². The van der Waals surface area contributed by atoms with Gasteiger partial charge in [0.25, 0.3) is 12.0 Å². The number of nitrogens with one attached hydrogen (secondary N) is 1. The summed E-state index contributed by atoms with van der Waals surface area (Å²) in [7, 11) is 2.78. The molecule has 0 saturated heterocycles. The third-order valence-electron chi connectivity index (χ3n) is 4.32. The van der Waals surface area contributed by atoms with Crippen LogP contribution < -0.4 is 20.5 Å². The van der Waals surface area contributed by atoms with E-state index in [0.717, 1.165) is 18.1 Å². The van der Waals surface area contributed by atoms with E-state index in [4.69, 9.17) is 9.47 Å². The van der Waals surface area contributed by atoms with Crippen LogP contribution >= 0.6 is 11.8 Å². The van der Waals surface area contributed by atoms with Gasteiger partial charge in [-0.1, -0.05) is 12.3 Å². The van der Waals surface area contributed by atoms with Crippen LogP contribution in [0.5, 0.6) is 11.5 Å². The Hall–Kier alpha value is -3.31. The second kappa shape index (κ2) is 12.8. The molecule has 0 unspecified atom stereocenters. The van der Waals surface area contributed by atoms with Crippen LogP contribution in [0.1, 0.15) is 17.7 Å². The molecule has 0 bridgehead atoms. The van der Waals surface area contributed by atoms with E-state index in [1.807, 2.05) is 0 Å². The van der Waals surface area contributed by atoms with Gasteiger partial charge < -0.3 is 47.1 Å². The van der Waals surface area contributed by atoms with Gasteiger partial charge in [0.15, 0.2) is 0 Å². The van der Waals surface area contributed by atoms with Crippen molar-refractivity contribution in [1.29, 1.82) is 0 Å². The van der Waals surface area contributed by atoms with Gasteiger partial charge in [0, 0.05) is 18.1 Å². The van der Waals surface area contributed by atoms with Crippen LogP contribution in [0.3, 0.4) is 0 Å². The molecular formula is C21H17F2N5NiO4S. The normalized spacial score (nSPS) is 11.7. The number of aromatic nitrogens is 3. The number of carbonyl (C=O) groups excluding carboxylic acids is 1. The van der Waals surface area contributed by atoms with Gasteiger partial charge in [-0.2, -0.15) is 0 Å². The van der Waals surface area contributed by atoms with Crippen molar-refractivity contribution < 1.29 is 39.5 Å². The first kappa shape index (κ1) is 26.9. The molecule has 180 valence electrons. The fraction of sp³-hybridized carbons (Fsp3) is 0.190. The molecule has 0 atom stereocenters. The summed E-state index contributed by atoms with van der Waals surface area (Å²) in [4.78, 5) is 31.4. The first-order chi connectivity index (χ1) is 16.0. The van der Waals surface area contributed by atoms with Crippen molar-refractivity contribution in [2.45, 2.75) is 6.43 Å². The number of thioether (sulfide) groups is 1. The molecule has 3 aromatic heterocycles. The zero-order valence-corrected chi connectivity index (χ0v) is 19.5. The van der Waals surface area contributed by atoms with E-state index in [-0.39, 0.29) is 44.7 Å². The maximum Gasteiger partial charge on any atom is 2.00 e. The number of hydrazone groups is 1. The fourth-order valence-corrected chi connectivity index (χ4v) is 3.09. The summed E-state index contributed by atoms with van der Waals surface area (Å²) < 4.78 is 37.6. The molecule has 0 fully saturated rings. The van der Waals surface area contributed by atoms with E-state index in [9.17, 15) is 18.4 Å². The molecule has 1 N–H and O–H groups in total. The predicted octanol–water partition coefficient (Wildman–Crippen LogP) is 2.81. The Bertz CT molecular complexity index is 1220. The molecule has 0 saturated carbocycles. The van der Waals surface area contributed by atoms with Gasteiger partial charge in [-0.15, -0.1) is 11.1 Å². The molecule has 9 nitrogen and oxygen atoms in total. The standard InChI is InChI=1S/C19H14F2N3O4.C2H3N2S.Ni/c1-27-12-3-4-24(18(26)5-12)17-7-13(11(10-25)8-23-17)14-6-15(19(20)21)22-9-16(14)28-2;1-3-4-2-5-1;/h3-9,19H,1-2H3;3H,1H2;/q2*-1;+2. The van der Waals surface area contributed by atoms with Crippen molar-refractivity contribution in [3.63, 3.8) is 0 Å². The average Bonchev–Trinajstić information content (AvgIpc) is 3.43. The van der Waals surface area contributed by atoms with Gasteiger partial charge in [-0.25, -0.2) is 8.78 Å². The molecule has 34 heavy (non-hydrogen) atoms. The summed E-state index contributed by atoms with van der Waals surface area (Å²) in [6.07, 6.45) is 2.71. The van der Waals surface area contributed by atoms with Crippen LogP contribution in [-0.4, -0.2) is 46.5 Å². The van der Waals surface area contributed by atoms with E-state index >= 15 is 0 Å². The Balaban J connectivity index is 0.000000603. The minimum atomic E-state index is -2.81. The van der Waals surface area contributed by atoms with E-state index in [1.54, 1.807) is 24.1 Å². The molecule has 13 heteroatoms. The Kier molecular flexibility index (Phi) is 10.1. The maximum absolute atomic E-state index is 13.1. The smallest absolute Gasteiger partial charge is 0.497 e. The number of hydrogen-bond acceptors (Lipinski definition) is 9. The summed E-state index contributed by atoms with van der Waals surface area (Å²) in [5.74, 6) is 1.62. The summed E-state index contributed by atoms with van der Waals surface area (Å²) in [5.41, 5.74) is 4.91. The number of methoxy groups -OCH3 is 2. The zero-order chi connectivity index (χ0) is 23.8. The second-order valence-corrected chi connectivity index (χ2v) is 6.98. The Morgan fingerprint density at radius 1 is 1.18 bits per heavy atom. The number of halogens is 2. The number of pyridine rings is 3. The first-order valence-corrected chi connectivity index (χ1v) is 10.2. The molecule has 0 aromatic carbocycles. The van der Waals surface area contributed by atoms with Crippen molar-refractivity contribution >= 4 is 23.6 Å². The topological polar surface area (TPSA) is 108 Å². The Morgan fingerprint density at radius 3 is 2.50 bits per heavy atom. The zero-order valence-electron chi connectivity index (χ0n) is 17.7. The summed E-state index contributed by atoms with van der Waals surface area (Å²) in [6.45, 7) is 0. The summed E-state index contributed by atoms with van der Waals surface area (Å²) >= 11 is 1.55. The molecule has 0 radical (unpaired) electrons. The minimum absolute atomic E-state index is 0. The van der Waals surface area contributed by atoms with E-state index in [2.05, 4.69) is 26.0 Å². The molecule has 1 aliphatic heterocycles. The second-order valence-electron chi connectivity index (χ2n) is 6.22. The minimum Gasteiger partial charge on any atom is -0.497 e. The molecule has 0 spiro atoms. The van der Waals surface area contributed by atoms with Crippen molar-refractivity contribution in [3.8, 4) is 28.4 Å². The first-order valence-electron chi connectivity index (χ1n) is 9.25. The van der Waals surface area contributed by atoms with Crippen molar-refractivity contribution in [2.75, 3.05) is 20.1 Å². The molecule has 0 amide bonds. The van der Waals surface area contributed by atoms with Gasteiger partial charge in [0.2, 0.25) is 0 Å². The molecule has 0 aliphatic carbocycles. The largest absolute Gasteiger partial charge is 2.00 e. The Morgan fingerprint density at radius 2 is 1.97 bits per heavy atom. The predicted molar refractivity (Wildman–Crippen MR) is 119 cm³/mol. The number of ether oxygens (including phenoxy) is 2. The third kappa shape index (κ3) is 6.39. The van der Waals surface area contributed by atoms with Crippen LogP contribution in [0.25, 0.3) is 16.9 Å². The van der Waals surface area contributed by atoms with Gasteiger partial charge in [-0.05, 0) is 17.7 Å². The third-order valence-corrected chi connectivity index (χ3v) is 4.82. The molecule has 4 rings (SSSR count). The molecule has 4 heterocycles. The van der Waals surface area contributed by atoms with Gasteiger partial charge in [0.1, 0.15) is 23.0 Å². The van der Waals surface area contributed by atoms with Gasteiger partial charge in [0.05, 0.1) is 26.7 Å². The van der Waals surface area contributed by atoms with E-state index in [1.165, 1.54) is 43.3 Å². The van der Waals surface area contributed by atoms with Crippen LogP contribution in [0.2, 0.25) is 0 Å². The molecule has 1 aliphatic rings. The molecular weight excluding hydrogens is 515 g/mol. The van der Waals surface area contributed by atoms with Crippen LogP contribution in [0.15, 0.2) is 52.8 Å². The van der Waals surface area contributed by atoms with Crippen LogP contribution in [-0.2, 0) is 21.3 Å². The van der Waals surface area contributed by atoms with E-state index in [0.29, 0.717) is 5.75 Å².